The summed E-state index contributed by atoms with van der Waals surface area (Å²) in [5.41, 5.74) is 0.640. The average molecular weight is 333 g/mol. The molecule has 2 aliphatic heterocycles. The molecule has 0 aromatic carbocycles. The van der Waals surface area contributed by atoms with Gasteiger partial charge in [-0.05, 0) is 39.2 Å². The van der Waals surface area contributed by atoms with Crippen molar-refractivity contribution in [3.8, 4) is 0 Å². The second-order valence-corrected chi connectivity index (χ2v) is 6.89. The van der Waals surface area contributed by atoms with Crippen LogP contribution in [0.3, 0.4) is 0 Å². The molecule has 2 aliphatic rings. The summed E-state index contributed by atoms with van der Waals surface area (Å²) >= 11 is 0. The Bertz CT molecular complexity index is 590. The zero-order chi connectivity index (χ0) is 17.1. The molecule has 0 aliphatic carbocycles. The van der Waals surface area contributed by atoms with E-state index in [1.807, 2.05) is 16.7 Å². The number of aryl methyl sites for hydroxylation is 1. The molecular formula is C18H27N3O3. The Balaban J connectivity index is 1.49. The van der Waals surface area contributed by atoms with E-state index < -0.39 is 0 Å². The zero-order valence-electron chi connectivity index (χ0n) is 14.7. The zero-order valence-corrected chi connectivity index (χ0v) is 14.7. The van der Waals surface area contributed by atoms with Crippen LogP contribution in [0.5, 0.6) is 0 Å². The quantitative estimate of drug-likeness (QED) is 0.845. The summed E-state index contributed by atoms with van der Waals surface area (Å²) < 4.78 is 5.22. The molecule has 0 saturated carbocycles. The van der Waals surface area contributed by atoms with Gasteiger partial charge in [-0.2, -0.15) is 0 Å². The van der Waals surface area contributed by atoms with Crippen molar-refractivity contribution >= 4 is 11.8 Å². The van der Waals surface area contributed by atoms with Crippen LogP contribution >= 0.6 is 0 Å². The van der Waals surface area contributed by atoms with Gasteiger partial charge < -0.3 is 14.2 Å². The Labute approximate surface area is 143 Å². The van der Waals surface area contributed by atoms with Gasteiger partial charge in [-0.1, -0.05) is 0 Å². The molecule has 2 saturated heterocycles. The van der Waals surface area contributed by atoms with Gasteiger partial charge in [0.1, 0.15) is 5.76 Å². The maximum absolute atomic E-state index is 12.5. The lowest BCUT2D eigenvalue weighted by Crippen LogP contribution is -2.53. The van der Waals surface area contributed by atoms with Crippen LogP contribution in [-0.2, 0) is 4.79 Å². The van der Waals surface area contributed by atoms with Gasteiger partial charge in [0, 0.05) is 38.8 Å². The SMILES string of the molecule is Cc1occc1C(=O)N1CCN(CC(=O)N2CCCCC2C)CC1. The first kappa shape index (κ1) is 17.0. The van der Waals surface area contributed by atoms with Crippen molar-refractivity contribution in [2.75, 3.05) is 39.3 Å². The first-order chi connectivity index (χ1) is 11.6. The first-order valence-corrected chi connectivity index (χ1v) is 8.91. The Hall–Kier alpha value is -1.82. The lowest BCUT2D eigenvalue weighted by atomic mass is 10.0. The highest BCUT2D eigenvalue weighted by Gasteiger charge is 2.28. The van der Waals surface area contributed by atoms with Crippen LogP contribution in [0.25, 0.3) is 0 Å². The number of hydrogen-bond donors (Lipinski definition) is 0. The van der Waals surface area contributed by atoms with E-state index in [1.165, 1.54) is 6.42 Å². The number of nitrogens with zero attached hydrogens (tertiary/aromatic N) is 3. The van der Waals surface area contributed by atoms with Crippen molar-refractivity contribution in [3.63, 3.8) is 0 Å². The Morgan fingerprint density at radius 3 is 2.54 bits per heavy atom. The predicted octanol–water partition coefficient (Wildman–Crippen LogP) is 1.75. The predicted molar refractivity (Wildman–Crippen MR) is 90.8 cm³/mol. The van der Waals surface area contributed by atoms with E-state index >= 15 is 0 Å². The van der Waals surface area contributed by atoms with Crippen molar-refractivity contribution in [1.29, 1.82) is 0 Å². The molecule has 1 unspecified atom stereocenters. The Morgan fingerprint density at radius 2 is 1.92 bits per heavy atom. The third-order valence-electron chi connectivity index (χ3n) is 5.23. The molecule has 6 heteroatoms. The highest BCUT2D eigenvalue weighted by atomic mass is 16.3. The minimum Gasteiger partial charge on any atom is -0.469 e. The van der Waals surface area contributed by atoms with Gasteiger partial charge in [0.2, 0.25) is 5.91 Å². The van der Waals surface area contributed by atoms with E-state index in [9.17, 15) is 9.59 Å². The maximum Gasteiger partial charge on any atom is 0.257 e. The number of carbonyl (C=O) groups excluding carboxylic acids is 2. The number of piperazine rings is 1. The average Bonchev–Trinajstić information content (AvgIpc) is 3.01. The number of furan rings is 1. The van der Waals surface area contributed by atoms with Crippen LogP contribution in [0.15, 0.2) is 16.7 Å². The van der Waals surface area contributed by atoms with Crippen LogP contribution in [0, 0.1) is 6.92 Å². The molecule has 3 rings (SSSR count). The largest absolute Gasteiger partial charge is 0.469 e. The van der Waals surface area contributed by atoms with Crippen LogP contribution in [-0.4, -0.2) is 71.8 Å². The molecule has 3 heterocycles. The lowest BCUT2D eigenvalue weighted by Gasteiger charge is -2.38. The molecular weight excluding hydrogens is 306 g/mol. The van der Waals surface area contributed by atoms with Crippen LogP contribution in [0.1, 0.15) is 42.3 Å². The number of carbonyl (C=O) groups is 2. The molecule has 1 atom stereocenters. The summed E-state index contributed by atoms with van der Waals surface area (Å²) in [6.07, 6.45) is 5.00. The molecule has 2 fully saturated rings. The minimum atomic E-state index is 0.0249. The number of rotatable bonds is 3. The van der Waals surface area contributed by atoms with E-state index in [2.05, 4.69) is 11.8 Å². The molecule has 1 aromatic heterocycles. The molecule has 24 heavy (non-hydrogen) atoms. The summed E-state index contributed by atoms with van der Waals surface area (Å²) in [5, 5.41) is 0. The summed E-state index contributed by atoms with van der Waals surface area (Å²) in [6.45, 7) is 8.12. The minimum absolute atomic E-state index is 0.0249. The Morgan fingerprint density at radius 1 is 1.17 bits per heavy atom. The third kappa shape index (κ3) is 3.64. The molecule has 0 radical (unpaired) electrons. The molecule has 1 aromatic rings. The Kier molecular flexibility index (Phi) is 5.23. The molecule has 132 valence electrons. The van der Waals surface area contributed by atoms with Crippen molar-refractivity contribution < 1.29 is 14.0 Å². The molecule has 2 amide bonds. The van der Waals surface area contributed by atoms with E-state index in [0.29, 0.717) is 37.0 Å². The highest BCUT2D eigenvalue weighted by molar-refractivity contribution is 5.95. The fourth-order valence-electron chi connectivity index (χ4n) is 3.64. The van der Waals surface area contributed by atoms with Crippen molar-refractivity contribution in [2.24, 2.45) is 0 Å². The number of piperidine rings is 1. The molecule has 6 nitrogen and oxygen atoms in total. The monoisotopic (exact) mass is 333 g/mol. The normalized spacial score (nSPS) is 22.7. The summed E-state index contributed by atoms with van der Waals surface area (Å²) in [5.74, 6) is 0.918. The topological polar surface area (TPSA) is 57.0 Å². The smallest absolute Gasteiger partial charge is 0.257 e. The number of amides is 2. The van der Waals surface area contributed by atoms with Crippen molar-refractivity contribution in [3.05, 3.63) is 23.7 Å². The van der Waals surface area contributed by atoms with Gasteiger partial charge >= 0.3 is 0 Å². The van der Waals surface area contributed by atoms with E-state index in [1.54, 1.807) is 12.3 Å². The molecule has 0 spiro atoms. The lowest BCUT2D eigenvalue weighted by molar-refractivity contribution is -0.136. The number of hydrogen-bond acceptors (Lipinski definition) is 4. The van der Waals surface area contributed by atoms with Crippen molar-refractivity contribution in [1.82, 2.24) is 14.7 Å². The maximum atomic E-state index is 12.5. The van der Waals surface area contributed by atoms with E-state index in [-0.39, 0.29) is 11.8 Å². The molecule has 0 N–H and O–H groups in total. The second-order valence-electron chi connectivity index (χ2n) is 6.89. The summed E-state index contributed by atoms with van der Waals surface area (Å²) in [4.78, 5) is 31.0. The van der Waals surface area contributed by atoms with Gasteiger partial charge in [-0.3, -0.25) is 14.5 Å². The van der Waals surface area contributed by atoms with Gasteiger partial charge in [-0.25, -0.2) is 0 Å². The first-order valence-electron chi connectivity index (χ1n) is 8.91. The third-order valence-corrected chi connectivity index (χ3v) is 5.23. The summed E-state index contributed by atoms with van der Waals surface area (Å²) in [7, 11) is 0. The fraction of sp³-hybridized carbons (Fsp3) is 0.667. The van der Waals surface area contributed by atoms with Gasteiger partial charge in [0.05, 0.1) is 18.4 Å². The highest BCUT2D eigenvalue weighted by Crippen LogP contribution is 2.17. The molecule has 0 bridgehead atoms. The standard InChI is InChI=1S/C18H27N3O3/c1-14-5-3-4-7-21(14)17(22)13-19-8-10-20(11-9-19)18(23)16-6-12-24-15(16)2/h6,12,14H,3-5,7-11,13H2,1-2H3. The van der Waals surface area contributed by atoms with Gasteiger partial charge in [-0.15, -0.1) is 0 Å². The van der Waals surface area contributed by atoms with Crippen LogP contribution in [0.4, 0.5) is 0 Å². The van der Waals surface area contributed by atoms with Crippen LogP contribution in [0.2, 0.25) is 0 Å². The fourth-order valence-corrected chi connectivity index (χ4v) is 3.64. The van der Waals surface area contributed by atoms with E-state index in [0.717, 1.165) is 32.5 Å². The van der Waals surface area contributed by atoms with E-state index in [4.69, 9.17) is 4.42 Å². The van der Waals surface area contributed by atoms with Crippen molar-refractivity contribution in [2.45, 2.75) is 39.2 Å². The second kappa shape index (κ2) is 7.38. The van der Waals surface area contributed by atoms with Gasteiger partial charge in [0.15, 0.2) is 0 Å². The number of likely N-dealkylation sites (tertiary alicyclic amines) is 1. The van der Waals surface area contributed by atoms with Gasteiger partial charge in [0.25, 0.3) is 5.91 Å². The summed E-state index contributed by atoms with van der Waals surface area (Å²) in [6, 6.07) is 2.09. The van der Waals surface area contributed by atoms with Crippen LogP contribution < -0.4 is 0 Å².